The van der Waals surface area contributed by atoms with Gasteiger partial charge in [0.25, 0.3) is 0 Å². The van der Waals surface area contributed by atoms with Gasteiger partial charge in [0.15, 0.2) is 5.79 Å². The monoisotopic (exact) mass is 370 g/mol. The number of hydrogen-bond donors (Lipinski definition) is 0. The number of unbranched alkanes of at least 4 members (excludes halogenated alkanes) is 5. The van der Waals surface area contributed by atoms with Crippen molar-refractivity contribution in [2.45, 2.75) is 138 Å². The molecule has 0 aliphatic heterocycles. The Bertz CT molecular complexity index is 294. The minimum absolute atomic E-state index is 0.187. The maximum Gasteiger partial charge on any atom is 0.171 e. The molecule has 26 heavy (non-hydrogen) atoms. The summed E-state index contributed by atoms with van der Waals surface area (Å²) in [4.78, 5) is 0. The van der Waals surface area contributed by atoms with Crippen LogP contribution in [0.3, 0.4) is 0 Å². The summed E-state index contributed by atoms with van der Waals surface area (Å²) in [5.74, 6) is 1.26. The second-order valence-electron chi connectivity index (χ2n) is 9.63. The second kappa shape index (κ2) is 14.0. The lowest BCUT2D eigenvalue weighted by atomic mass is 9.81. The van der Waals surface area contributed by atoms with Crippen LogP contribution >= 0.6 is 0 Å². The number of ether oxygens (including phenoxy) is 2. The van der Waals surface area contributed by atoms with E-state index in [1.54, 1.807) is 0 Å². The van der Waals surface area contributed by atoms with E-state index in [1.165, 1.54) is 51.4 Å². The average molecular weight is 371 g/mol. The zero-order valence-electron chi connectivity index (χ0n) is 19.6. The molecule has 0 spiro atoms. The largest absolute Gasteiger partial charge is 0.347 e. The van der Waals surface area contributed by atoms with Crippen LogP contribution in [0.4, 0.5) is 0 Å². The molecule has 1 unspecified atom stereocenters. The van der Waals surface area contributed by atoms with Gasteiger partial charge in [0.05, 0.1) is 12.2 Å². The highest BCUT2D eigenvalue weighted by Gasteiger charge is 2.42. The van der Waals surface area contributed by atoms with Crippen molar-refractivity contribution in [3.05, 3.63) is 0 Å². The zero-order valence-corrected chi connectivity index (χ0v) is 19.6. The van der Waals surface area contributed by atoms with Crippen molar-refractivity contribution in [3.63, 3.8) is 0 Å². The summed E-state index contributed by atoms with van der Waals surface area (Å²) < 4.78 is 13.2. The van der Waals surface area contributed by atoms with Gasteiger partial charge in [0.1, 0.15) is 0 Å². The molecule has 0 rings (SSSR count). The second-order valence-corrected chi connectivity index (χ2v) is 9.63. The molecule has 0 amide bonds. The summed E-state index contributed by atoms with van der Waals surface area (Å²) >= 11 is 0. The summed E-state index contributed by atoms with van der Waals surface area (Å²) in [6, 6.07) is 0. The lowest BCUT2D eigenvalue weighted by Gasteiger charge is -2.45. The molecule has 0 saturated carbocycles. The molecular weight excluding hydrogens is 320 g/mol. The molecule has 2 heteroatoms. The molecule has 158 valence electrons. The predicted molar refractivity (Wildman–Crippen MR) is 116 cm³/mol. The SMILES string of the molecule is CCCCCCCCC(CC(C)C)C(CC(C)C)(OC(C)C)OC(C)C. The molecule has 0 N–H and O–H groups in total. The maximum atomic E-state index is 6.60. The Morgan fingerprint density at radius 1 is 0.654 bits per heavy atom. The van der Waals surface area contributed by atoms with Crippen LogP contribution in [-0.4, -0.2) is 18.0 Å². The highest BCUT2D eigenvalue weighted by Crippen LogP contribution is 2.40. The molecule has 0 aromatic heterocycles. The summed E-state index contributed by atoms with van der Waals surface area (Å²) in [5, 5.41) is 0. The van der Waals surface area contributed by atoms with Crippen LogP contribution in [0, 0.1) is 17.8 Å². The van der Waals surface area contributed by atoms with E-state index in [1.807, 2.05) is 0 Å². The number of hydrogen-bond acceptors (Lipinski definition) is 2. The van der Waals surface area contributed by atoms with Crippen molar-refractivity contribution < 1.29 is 9.47 Å². The van der Waals surface area contributed by atoms with E-state index < -0.39 is 5.79 Å². The van der Waals surface area contributed by atoms with Crippen molar-refractivity contribution in [2.24, 2.45) is 17.8 Å². The average Bonchev–Trinajstić information content (AvgIpc) is 2.46. The summed E-state index contributed by atoms with van der Waals surface area (Å²) in [6.07, 6.45) is 11.8. The minimum Gasteiger partial charge on any atom is -0.347 e. The molecule has 0 aliphatic rings. The van der Waals surface area contributed by atoms with Crippen LogP contribution in [0.2, 0.25) is 0 Å². The standard InChI is InChI=1S/C24H50O2/c1-10-11-12-13-14-15-16-23(17-19(2)3)24(18-20(4)5,25-21(6)7)26-22(8)9/h19-23H,10-18H2,1-9H3. The van der Waals surface area contributed by atoms with Gasteiger partial charge in [-0.2, -0.15) is 0 Å². The fraction of sp³-hybridized carbons (Fsp3) is 1.00. The molecule has 0 saturated heterocycles. The Morgan fingerprint density at radius 2 is 1.15 bits per heavy atom. The topological polar surface area (TPSA) is 18.5 Å². The van der Waals surface area contributed by atoms with E-state index in [0.717, 1.165) is 6.42 Å². The quantitative estimate of drug-likeness (QED) is 0.202. The smallest absolute Gasteiger partial charge is 0.171 e. The van der Waals surface area contributed by atoms with E-state index in [9.17, 15) is 0 Å². The summed E-state index contributed by atoms with van der Waals surface area (Å²) in [7, 11) is 0. The Hall–Kier alpha value is -0.0800. The molecule has 0 bridgehead atoms. The van der Waals surface area contributed by atoms with Gasteiger partial charge in [-0.15, -0.1) is 0 Å². The Morgan fingerprint density at radius 3 is 1.58 bits per heavy atom. The lowest BCUT2D eigenvalue weighted by molar-refractivity contribution is -0.306. The van der Waals surface area contributed by atoms with Crippen LogP contribution in [0.25, 0.3) is 0 Å². The summed E-state index contributed by atoms with van der Waals surface area (Å²) in [5.41, 5.74) is 0. The molecule has 0 heterocycles. The highest BCUT2D eigenvalue weighted by atomic mass is 16.7. The van der Waals surface area contributed by atoms with Crippen molar-refractivity contribution in [1.29, 1.82) is 0 Å². The third-order valence-corrected chi connectivity index (χ3v) is 4.85. The van der Waals surface area contributed by atoms with Gasteiger partial charge in [0, 0.05) is 12.3 Å². The predicted octanol–water partition coefficient (Wildman–Crippen LogP) is 7.99. The van der Waals surface area contributed by atoms with E-state index in [0.29, 0.717) is 17.8 Å². The minimum atomic E-state index is -0.440. The van der Waals surface area contributed by atoms with E-state index in [-0.39, 0.29) is 12.2 Å². The third-order valence-electron chi connectivity index (χ3n) is 4.85. The van der Waals surface area contributed by atoms with Crippen LogP contribution in [-0.2, 0) is 9.47 Å². The maximum absolute atomic E-state index is 6.60. The molecule has 0 aromatic rings. The molecule has 2 nitrogen and oxygen atoms in total. The molecule has 0 aliphatic carbocycles. The van der Waals surface area contributed by atoms with Gasteiger partial charge in [-0.1, -0.05) is 73.1 Å². The zero-order chi connectivity index (χ0) is 20.2. The Labute approximate surface area is 165 Å². The van der Waals surface area contributed by atoms with Crippen LogP contribution in [0.1, 0.15) is 120 Å². The van der Waals surface area contributed by atoms with E-state index >= 15 is 0 Å². The molecule has 0 aromatic carbocycles. The van der Waals surface area contributed by atoms with Gasteiger partial charge < -0.3 is 9.47 Å². The third kappa shape index (κ3) is 11.6. The van der Waals surface area contributed by atoms with Gasteiger partial charge in [-0.25, -0.2) is 0 Å². The Balaban J connectivity index is 5.26. The molecule has 1 atom stereocenters. The first-order valence-corrected chi connectivity index (χ1v) is 11.5. The van der Waals surface area contributed by atoms with Crippen LogP contribution in [0.15, 0.2) is 0 Å². The van der Waals surface area contributed by atoms with Gasteiger partial charge >= 0.3 is 0 Å². The molecular formula is C24H50O2. The molecule has 0 radical (unpaired) electrons. The van der Waals surface area contributed by atoms with Crippen LogP contribution in [0.5, 0.6) is 0 Å². The normalized spacial score (nSPS) is 14.2. The fourth-order valence-corrected chi connectivity index (χ4v) is 4.11. The first-order chi connectivity index (χ1) is 12.1. The van der Waals surface area contributed by atoms with E-state index in [4.69, 9.17) is 9.47 Å². The van der Waals surface area contributed by atoms with Gasteiger partial charge in [-0.3, -0.25) is 0 Å². The number of rotatable bonds is 16. The summed E-state index contributed by atoms with van der Waals surface area (Å²) in [6.45, 7) is 20.1. The van der Waals surface area contributed by atoms with Crippen molar-refractivity contribution in [1.82, 2.24) is 0 Å². The van der Waals surface area contributed by atoms with Crippen molar-refractivity contribution in [2.75, 3.05) is 0 Å². The van der Waals surface area contributed by atoms with Gasteiger partial charge in [0.2, 0.25) is 0 Å². The highest BCUT2D eigenvalue weighted by molar-refractivity contribution is 4.84. The fourth-order valence-electron chi connectivity index (χ4n) is 4.11. The first kappa shape index (κ1) is 25.9. The van der Waals surface area contributed by atoms with Crippen molar-refractivity contribution >= 4 is 0 Å². The first-order valence-electron chi connectivity index (χ1n) is 11.5. The van der Waals surface area contributed by atoms with Gasteiger partial charge in [-0.05, 0) is 52.4 Å². The van der Waals surface area contributed by atoms with Crippen molar-refractivity contribution in [3.8, 4) is 0 Å². The van der Waals surface area contributed by atoms with E-state index in [2.05, 4.69) is 62.3 Å². The Kier molecular flexibility index (Phi) is 14.0. The molecule has 0 fully saturated rings. The lowest BCUT2D eigenvalue weighted by Crippen LogP contribution is -2.48. The van der Waals surface area contributed by atoms with Crippen LogP contribution < -0.4 is 0 Å².